The molecule has 0 aliphatic carbocycles. The molecule has 5 nitrogen and oxygen atoms in total. The Bertz CT molecular complexity index is 807. The Balaban J connectivity index is 1.45. The van der Waals surface area contributed by atoms with Crippen molar-refractivity contribution >= 4 is 11.7 Å². The lowest BCUT2D eigenvalue weighted by Crippen LogP contribution is -2.46. The molecule has 2 aliphatic rings. The molecule has 2 heterocycles. The van der Waals surface area contributed by atoms with Crippen LogP contribution in [-0.2, 0) is 0 Å². The Morgan fingerprint density at radius 3 is 1.10 bits per heavy atom. The Labute approximate surface area is 319 Å². The normalized spacial score (nSPS) is 15.4. The Morgan fingerprint density at radius 2 is 0.745 bits per heavy atom. The zero-order chi connectivity index (χ0) is 36.1. The summed E-state index contributed by atoms with van der Waals surface area (Å²) in [5, 5.41) is 3.74. The van der Waals surface area contributed by atoms with Crippen LogP contribution in [0.4, 0.5) is 0 Å². The van der Waals surface area contributed by atoms with Gasteiger partial charge < -0.3 is 15.1 Å². The van der Waals surface area contributed by atoms with Crippen LogP contribution >= 0.6 is 0 Å². The molecule has 0 spiro atoms. The van der Waals surface area contributed by atoms with Crippen LogP contribution in [0.2, 0.25) is 0 Å². The molecule has 0 bridgehead atoms. The molecule has 1 N–H and O–H groups in total. The predicted molar refractivity (Wildman–Crippen MR) is 229 cm³/mol. The van der Waals surface area contributed by atoms with Gasteiger partial charge in [-0.2, -0.15) is 0 Å². The smallest absolute Gasteiger partial charge is 0.113 e. The van der Waals surface area contributed by atoms with E-state index in [0.29, 0.717) is 0 Å². The zero-order valence-electron chi connectivity index (χ0n) is 34.5. The standard InChI is InChI=1S/C46H87N5/c1-3-5-7-9-11-13-15-17-19-21-23-25-27-29-31-33-39-50-41-35-37-48-45(50)43-47-44-46-49-38-36-42-51(46)40-34-32-30-28-26-24-22-20-18-16-14-12-10-8-6-4-2/h17-20,47H,3-16,21-44H2,1-2H3. The quantitative estimate of drug-likeness (QED) is 0.0520. The maximum atomic E-state index is 4.95. The summed E-state index contributed by atoms with van der Waals surface area (Å²) in [6, 6.07) is 0. The van der Waals surface area contributed by atoms with Crippen molar-refractivity contribution in [2.45, 2.75) is 206 Å². The number of allylic oxidation sites excluding steroid dienone is 4. The largest absolute Gasteiger partial charge is 0.359 e. The van der Waals surface area contributed by atoms with Gasteiger partial charge in [-0.15, -0.1) is 0 Å². The highest BCUT2D eigenvalue weighted by molar-refractivity contribution is 5.87. The number of aliphatic imine (C=N–C) groups is 2. The third-order valence-electron chi connectivity index (χ3n) is 10.9. The average molecular weight is 710 g/mol. The van der Waals surface area contributed by atoms with Crippen molar-refractivity contribution in [3.05, 3.63) is 24.3 Å². The van der Waals surface area contributed by atoms with Crippen molar-refractivity contribution in [1.82, 2.24) is 15.1 Å². The van der Waals surface area contributed by atoms with E-state index in [2.05, 4.69) is 53.3 Å². The fourth-order valence-corrected chi connectivity index (χ4v) is 7.60. The number of nitrogens with zero attached hydrogens (tertiary/aromatic N) is 4. The third kappa shape index (κ3) is 26.7. The summed E-state index contributed by atoms with van der Waals surface area (Å²) in [4.78, 5) is 15.0. The lowest BCUT2D eigenvalue weighted by molar-refractivity contribution is 0.366. The second-order valence-electron chi connectivity index (χ2n) is 15.8. The van der Waals surface area contributed by atoms with E-state index in [1.165, 1.54) is 230 Å². The lowest BCUT2D eigenvalue weighted by Gasteiger charge is -2.32. The highest BCUT2D eigenvalue weighted by Crippen LogP contribution is 2.14. The first kappa shape index (κ1) is 45.5. The molecule has 296 valence electrons. The minimum Gasteiger partial charge on any atom is -0.359 e. The summed E-state index contributed by atoms with van der Waals surface area (Å²) >= 11 is 0. The van der Waals surface area contributed by atoms with Crippen LogP contribution < -0.4 is 5.32 Å². The van der Waals surface area contributed by atoms with E-state index >= 15 is 0 Å². The Hall–Kier alpha value is -1.62. The molecule has 0 atom stereocenters. The number of rotatable bonds is 36. The van der Waals surface area contributed by atoms with E-state index in [-0.39, 0.29) is 0 Å². The summed E-state index contributed by atoms with van der Waals surface area (Å²) in [5.74, 6) is 2.57. The summed E-state index contributed by atoms with van der Waals surface area (Å²) in [6.45, 7) is 13.0. The van der Waals surface area contributed by atoms with E-state index in [1.807, 2.05) is 0 Å². The molecule has 0 radical (unpaired) electrons. The topological polar surface area (TPSA) is 43.2 Å². The minimum absolute atomic E-state index is 0.882. The van der Waals surface area contributed by atoms with Crippen molar-refractivity contribution in [3.63, 3.8) is 0 Å². The monoisotopic (exact) mass is 710 g/mol. The van der Waals surface area contributed by atoms with Gasteiger partial charge in [-0.25, -0.2) is 0 Å². The summed E-state index contributed by atoms with van der Waals surface area (Å²) in [7, 11) is 0. The zero-order valence-corrected chi connectivity index (χ0v) is 34.5. The summed E-state index contributed by atoms with van der Waals surface area (Å²) in [6.07, 6.45) is 50.5. The van der Waals surface area contributed by atoms with Gasteiger partial charge in [0.1, 0.15) is 11.7 Å². The van der Waals surface area contributed by atoms with E-state index in [0.717, 1.165) is 26.2 Å². The fourth-order valence-electron chi connectivity index (χ4n) is 7.60. The van der Waals surface area contributed by atoms with E-state index in [4.69, 9.17) is 9.98 Å². The average Bonchev–Trinajstić information content (AvgIpc) is 3.15. The first-order valence-electron chi connectivity index (χ1n) is 22.9. The van der Waals surface area contributed by atoms with E-state index < -0.39 is 0 Å². The van der Waals surface area contributed by atoms with Gasteiger partial charge in [0.2, 0.25) is 0 Å². The van der Waals surface area contributed by atoms with Gasteiger partial charge in [-0.1, -0.05) is 154 Å². The van der Waals surface area contributed by atoms with Crippen LogP contribution in [0.3, 0.4) is 0 Å². The van der Waals surface area contributed by atoms with Crippen LogP contribution in [0.5, 0.6) is 0 Å². The van der Waals surface area contributed by atoms with Gasteiger partial charge >= 0.3 is 0 Å². The van der Waals surface area contributed by atoms with Gasteiger partial charge in [-0.3, -0.25) is 9.98 Å². The number of unbranched alkanes of at least 4 members (excludes halogenated alkanes) is 24. The lowest BCUT2D eigenvalue weighted by atomic mass is 10.1. The van der Waals surface area contributed by atoms with Crippen LogP contribution in [0, 0.1) is 0 Å². The van der Waals surface area contributed by atoms with E-state index in [1.54, 1.807) is 0 Å². The second kappa shape index (κ2) is 35.4. The molecule has 0 aromatic heterocycles. The maximum Gasteiger partial charge on any atom is 0.113 e. The van der Waals surface area contributed by atoms with Gasteiger partial charge in [0, 0.05) is 39.3 Å². The van der Waals surface area contributed by atoms with Crippen molar-refractivity contribution in [1.29, 1.82) is 0 Å². The van der Waals surface area contributed by atoms with Crippen LogP contribution in [0.25, 0.3) is 0 Å². The molecule has 0 unspecified atom stereocenters. The van der Waals surface area contributed by atoms with Crippen molar-refractivity contribution in [3.8, 4) is 0 Å². The summed E-state index contributed by atoms with van der Waals surface area (Å²) in [5.41, 5.74) is 0. The molecule has 0 saturated carbocycles. The molecule has 0 amide bonds. The number of amidine groups is 2. The molecular weight excluding hydrogens is 623 g/mol. The number of hydrogen-bond acceptors (Lipinski definition) is 5. The SMILES string of the molecule is CCCCCCCCC=CCCCCCCCCN1CCCN=C1CNCC1=NCCCN1CCCCCCCCC=CCCCCCCCC. The maximum absolute atomic E-state index is 4.95. The van der Waals surface area contributed by atoms with E-state index in [9.17, 15) is 0 Å². The highest BCUT2D eigenvalue weighted by atomic mass is 15.2. The molecule has 0 fully saturated rings. The van der Waals surface area contributed by atoms with Gasteiger partial charge in [0.15, 0.2) is 0 Å². The Kier molecular flexibility index (Phi) is 31.6. The molecular formula is C46H87N5. The first-order valence-corrected chi connectivity index (χ1v) is 22.9. The fraction of sp³-hybridized carbons (Fsp3) is 0.870. The molecule has 0 aromatic rings. The van der Waals surface area contributed by atoms with Crippen LogP contribution in [-0.4, -0.2) is 73.8 Å². The molecule has 0 aromatic carbocycles. The molecule has 0 saturated heterocycles. The number of hydrogen-bond donors (Lipinski definition) is 1. The van der Waals surface area contributed by atoms with Crippen molar-refractivity contribution in [2.75, 3.05) is 52.4 Å². The van der Waals surface area contributed by atoms with Crippen molar-refractivity contribution < 1.29 is 0 Å². The first-order chi connectivity index (χ1) is 25.3. The predicted octanol–water partition coefficient (Wildman–Crippen LogP) is 12.9. The van der Waals surface area contributed by atoms with Crippen molar-refractivity contribution in [2.24, 2.45) is 9.98 Å². The highest BCUT2D eigenvalue weighted by Gasteiger charge is 2.17. The van der Waals surface area contributed by atoms with Gasteiger partial charge in [0.05, 0.1) is 13.1 Å². The van der Waals surface area contributed by atoms with Crippen LogP contribution in [0.15, 0.2) is 34.3 Å². The molecule has 51 heavy (non-hydrogen) atoms. The third-order valence-corrected chi connectivity index (χ3v) is 10.9. The molecule has 2 aliphatic heterocycles. The Morgan fingerprint density at radius 1 is 0.431 bits per heavy atom. The molecule has 5 heteroatoms. The summed E-state index contributed by atoms with van der Waals surface area (Å²) < 4.78 is 0. The van der Waals surface area contributed by atoms with Crippen LogP contribution in [0.1, 0.15) is 206 Å². The van der Waals surface area contributed by atoms with Gasteiger partial charge in [0.25, 0.3) is 0 Å². The number of nitrogens with one attached hydrogen (secondary N) is 1. The second-order valence-corrected chi connectivity index (χ2v) is 15.8. The minimum atomic E-state index is 0.882. The molecule has 2 rings (SSSR count). The van der Waals surface area contributed by atoms with Gasteiger partial charge in [-0.05, 0) is 77.0 Å².